The van der Waals surface area contributed by atoms with Crippen molar-refractivity contribution in [1.29, 1.82) is 0 Å². The fourth-order valence-electron chi connectivity index (χ4n) is 2.91. The number of hydrogen-bond acceptors (Lipinski definition) is 6. The molecule has 0 atom stereocenters. The van der Waals surface area contributed by atoms with Crippen LogP contribution in [-0.2, 0) is 12.0 Å². The van der Waals surface area contributed by atoms with Gasteiger partial charge in [-0.05, 0) is 32.1 Å². The lowest BCUT2D eigenvalue weighted by molar-refractivity contribution is 0.373. The molecule has 1 saturated carbocycles. The zero-order valence-electron chi connectivity index (χ0n) is 13.3. The number of halogens is 1. The first-order chi connectivity index (χ1) is 9.98. The van der Waals surface area contributed by atoms with Crippen molar-refractivity contribution in [2.24, 2.45) is 11.7 Å². The van der Waals surface area contributed by atoms with Crippen LogP contribution in [0.15, 0.2) is 4.52 Å². The van der Waals surface area contributed by atoms with Crippen molar-refractivity contribution >= 4 is 23.7 Å². The largest absolute Gasteiger partial charge is 0.333 e. The standard InChI is InChI=1S/C15H22N4OS.ClH/c1-9(2)8-11-12(21-10(3)17-11)13-18-14(19-20-13)15(16)6-4-5-7-15;/h9H,4-8,16H2,1-3H3;1H. The van der Waals surface area contributed by atoms with Gasteiger partial charge in [-0.1, -0.05) is 31.8 Å². The highest BCUT2D eigenvalue weighted by Gasteiger charge is 2.36. The average molecular weight is 343 g/mol. The van der Waals surface area contributed by atoms with Crippen LogP contribution in [0.3, 0.4) is 0 Å². The molecule has 0 spiro atoms. The molecule has 5 nitrogen and oxygen atoms in total. The molecule has 0 bridgehead atoms. The van der Waals surface area contributed by atoms with E-state index in [-0.39, 0.29) is 12.4 Å². The van der Waals surface area contributed by atoms with Gasteiger partial charge in [-0.3, -0.25) is 0 Å². The van der Waals surface area contributed by atoms with Crippen LogP contribution < -0.4 is 5.73 Å². The van der Waals surface area contributed by atoms with Crippen LogP contribution in [0.4, 0.5) is 0 Å². The summed E-state index contributed by atoms with van der Waals surface area (Å²) in [4.78, 5) is 10.2. The predicted molar refractivity (Wildman–Crippen MR) is 90.3 cm³/mol. The topological polar surface area (TPSA) is 77.8 Å². The summed E-state index contributed by atoms with van der Waals surface area (Å²) in [5.41, 5.74) is 7.05. The van der Waals surface area contributed by atoms with E-state index in [2.05, 4.69) is 29.0 Å². The lowest BCUT2D eigenvalue weighted by Gasteiger charge is -2.17. The number of nitrogens with zero attached hydrogens (tertiary/aromatic N) is 3. The van der Waals surface area contributed by atoms with E-state index in [1.54, 1.807) is 11.3 Å². The van der Waals surface area contributed by atoms with Crippen molar-refractivity contribution in [1.82, 2.24) is 15.1 Å². The Kier molecular flexibility index (Phi) is 5.25. The van der Waals surface area contributed by atoms with Gasteiger partial charge in [0.25, 0.3) is 5.89 Å². The van der Waals surface area contributed by atoms with Gasteiger partial charge in [-0.15, -0.1) is 23.7 Å². The van der Waals surface area contributed by atoms with Crippen molar-refractivity contribution in [2.45, 2.75) is 58.4 Å². The van der Waals surface area contributed by atoms with Gasteiger partial charge >= 0.3 is 0 Å². The maximum Gasteiger partial charge on any atom is 0.270 e. The van der Waals surface area contributed by atoms with Crippen molar-refractivity contribution < 1.29 is 4.52 Å². The number of nitrogens with two attached hydrogens (primary N) is 1. The Morgan fingerprint density at radius 2 is 1.95 bits per heavy atom. The summed E-state index contributed by atoms with van der Waals surface area (Å²) < 4.78 is 5.49. The smallest absolute Gasteiger partial charge is 0.270 e. The number of aryl methyl sites for hydroxylation is 1. The van der Waals surface area contributed by atoms with Gasteiger partial charge in [0.2, 0.25) is 0 Å². The van der Waals surface area contributed by atoms with Gasteiger partial charge in [0.1, 0.15) is 4.88 Å². The second-order valence-electron chi connectivity index (χ2n) is 6.39. The van der Waals surface area contributed by atoms with Crippen LogP contribution in [0.2, 0.25) is 0 Å². The third-order valence-corrected chi connectivity index (χ3v) is 4.97. The monoisotopic (exact) mass is 342 g/mol. The minimum atomic E-state index is -0.403. The zero-order valence-corrected chi connectivity index (χ0v) is 14.9. The molecule has 1 fully saturated rings. The molecular formula is C15H23ClN4OS. The molecule has 2 N–H and O–H groups in total. The van der Waals surface area contributed by atoms with Crippen LogP contribution in [0.25, 0.3) is 10.8 Å². The van der Waals surface area contributed by atoms with Crippen molar-refractivity contribution in [3.63, 3.8) is 0 Å². The first-order valence-electron chi connectivity index (χ1n) is 7.58. The Labute approximate surface area is 141 Å². The minimum absolute atomic E-state index is 0. The van der Waals surface area contributed by atoms with E-state index < -0.39 is 5.54 Å². The molecule has 2 heterocycles. The Bertz CT molecular complexity index is 631. The molecule has 2 aromatic heterocycles. The summed E-state index contributed by atoms with van der Waals surface area (Å²) in [6.45, 7) is 6.38. The molecule has 0 radical (unpaired) electrons. The van der Waals surface area contributed by atoms with Gasteiger partial charge in [0.15, 0.2) is 5.82 Å². The predicted octanol–water partition coefficient (Wildman–Crippen LogP) is 3.85. The van der Waals surface area contributed by atoms with E-state index in [1.165, 1.54) is 0 Å². The van der Waals surface area contributed by atoms with Gasteiger partial charge in [-0.2, -0.15) is 4.98 Å². The number of hydrogen-bond donors (Lipinski definition) is 1. The highest BCUT2D eigenvalue weighted by atomic mass is 35.5. The summed E-state index contributed by atoms with van der Waals surface area (Å²) >= 11 is 1.62. The molecule has 2 aromatic rings. The molecule has 0 amide bonds. The molecule has 0 unspecified atom stereocenters. The normalized spacial score (nSPS) is 17.0. The Balaban J connectivity index is 0.00000176. The highest BCUT2D eigenvalue weighted by molar-refractivity contribution is 7.15. The maximum atomic E-state index is 6.40. The van der Waals surface area contributed by atoms with Crippen LogP contribution in [0, 0.1) is 12.8 Å². The number of rotatable bonds is 4. The number of aromatic nitrogens is 3. The van der Waals surface area contributed by atoms with E-state index in [9.17, 15) is 0 Å². The minimum Gasteiger partial charge on any atom is -0.333 e. The molecule has 0 aromatic carbocycles. The summed E-state index contributed by atoms with van der Waals surface area (Å²) in [6.07, 6.45) is 5.07. The van der Waals surface area contributed by atoms with Crippen molar-refractivity contribution in [3.05, 3.63) is 16.5 Å². The third-order valence-electron chi connectivity index (χ3n) is 3.97. The summed E-state index contributed by atoms with van der Waals surface area (Å²) in [6, 6.07) is 0. The maximum absolute atomic E-state index is 6.40. The van der Waals surface area contributed by atoms with Gasteiger partial charge in [0.05, 0.1) is 16.2 Å². The van der Waals surface area contributed by atoms with Crippen LogP contribution in [-0.4, -0.2) is 15.1 Å². The van der Waals surface area contributed by atoms with Crippen molar-refractivity contribution in [3.8, 4) is 10.8 Å². The molecule has 1 aliphatic rings. The zero-order chi connectivity index (χ0) is 15.0. The third kappa shape index (κ3) is 3.34. The molecule has 3 rings (SSSR count). The fraction of sp³-hybridized carbons (Fsp3) is 0.667. The number of thiazole rings is 1. The van der Waals surface area contributed by atoms with Crippen LogP contribution in [0.1, 0.15) is 56.1 Å². The summed E-state index contributed by atoms with van der Waals surface area (Å²) in [5.74, 6) is 1.77. The summed E-state index contributed by atoms with van der Waals surface area (Å²) in [7, 11) is 0. The van der Waals surface area contributed by atoms with E-state index in [4.69, 9.17) is 10.3 Å². The second-order valence-corrected chi connectivity index (χ2v) is 7.60. The lowest BCUT2D eigenvalue weighted by atomic mass is 9.99. The SMILES string of the molecule is Cc1nc(CC(C)C)c(-c2nc(C3(N)CCCC3)no2)s1.Cl. The highest BCUT2D eigenvalue weighted by Crippen LogP contribution is 2.37. The Hall–Kier alpha value is -0.980. The molecule has 0 saturated heterocycles. The average Bonchev–Trinajstić information content (AvgIpc) is 3.09. The van der Waals surface area contributed by atoms with Gasteiger partial charge in [-0.25, -0.2) is 4.98 Å². The van der Waals surface area contributed by atoms with Crippen molar-refractivity contribution in [2.75, 3.05) is 0 Å². The molecular weight excluding hydrogens is 320 g/mol. The first-order valence-corrected chi connectivity index (χ1v) is 8.39. The first kappa shape index (κ1) is 17.4. The molecule has 1 aliphatic carbocycles. The Morgan fingerprint density at radius 1 is 1.27 bits per heavy atom. The molecule has 0 aliphatic heterocycles. The molecule has 7 heteroatoms. The van der Waals surface area contributed by atoms with Gasteiger partial charge < -0.3 is 10.3 Å². The van der Waals surface area contributed by atoms with E-state index in [1.807, 2.05) is 6.92 Å². The molecule has 122 valence electrons. The van der Waals surface area contributed by atoms with Gasteiger partial charge in [0, 0.05) is 0 Å². The second kappa shape index (κ2) is 6.64. The Morgan fingerprint density at radius 3 is 2.59 bits per heavy atom. The van der Waals surface area contributed by atoms with Crippen LogP contribution in [0.5, 0.6) is 0 Å². The van der Waals surface area contributed by atoms with Crippen LogP contribution >= 0.6 is 23.7 Å². The quantitative estimate of drug-likeness (QED) is 0.913. The lowest BCUT2D eigenvalue weighted by Crippen LogP contribution is -2.34. The fourth-order valence-corrected chi connectivity index (χ4v) is 3.78. The summed E-state index contributed by atoms with van der Waals surface area (Å²) in [5, 5.41) is 5.17. The van der Waals surface area contributed by atoms with E-state index in [0.717, 1.165) is 47.7 Å². The van der Waals surface area contributed by atoms with E-state index in [0.29, 0.717) is 17.6 Å². The van der Waals surface area contributed by atoms with E-state index >= 15 is 0 Å². The molecule has 22 heavy (non-hydrogen) atoms.